The summed E-state index contributed by atoms with van der Waals surface area (Å²) < 4.78 is 12.1. The van der Waals surface area contributed by atoms with Gasteiger partial charge in [-0.05, 0) is 66.2 Å². The zero-order valence-corrected chi connectivity index (χ0v) is 20.9. The van der Waals surface area contributed by atoms with E-state index in [4.69, 9.17) is 9.47 Å². The predicted octanol–water partition coefficient (Wildman–Crippen LogP) is 8.85. The first kappa shape index (κ1) is 24.5. The molecular weight excluding hydrogens is 404 g/mol. The van der Waals surface area contributed by atoms with Crippen LogP contribution in [0, 0.1) is 5.92 Å². The van der Waals surface area contributed by atoms with Crippen LogP contribution in [0.4, 0.5) is 0 Å². The van der Waals surface area contributed by atoms with E-state index in [1.165, 1.54) is 80.0 Å². The maximum absolute atomic E-state index is 6.07. The maximum atomic E-state index is 6.07. The molecule has 0 amide bonds. The summed E-state index contributed by atoms with van der Waals surface area (Å²) in [5, 5.41) is 0. The Labute approximate surface area is 202 Å². The van der Waals surface area contributed by atoms with E-state index in [1.54, 1.807) is 0 Å². The third-order valence-corrected chi connectivity index (χ3v) is 7.89. The molecule has 2 atom stereocenters. The lowest BCUT2D eigenvalue weighted by atomic mass is 9.77. The molecule has 1 heterocycles. The summed E-state index contributed by atoms with van der Waals surface area (Å²) in [5.41, 5.74) is 5.34. The van der Waals surface area contributed by atoms with Crippen molar-refractivity contribution < 1.29 is 9.47 Å². The van der Waals surface area contributed by atoms with Gasteiger partial charge in [0.15, 0.2) is 0 Å². The topological polar surface area (TPSA) is 18.5 Å². The molecule has 33 heavy (non-hydrogen) atoms. The highest BCUT2D eigenvalue weighted by molar-refractivity contribution is 5.64. The number of ether oxygens (including phenoxy) is 2. The Hall–Kier alpha value is -1.64. The van der Waals surface area contributed by atoms with E-state index in [0.717, 1.165) is 24.7 Å². The van der Waals surface area contributed by atoms with E-state index in [9.17, 15) is 0 Å². The highest BCUT2D eigenvalue weighted by Gasteiger charge is 2.23. The largest absolute Gasteiger partial charge is 0.373 e. The molecule has 2 aromatic carbocycles. The molecule has 4 rings (SSSR count). The van der Waals surface area contributed by atoms with Crippen molar-refractivity contribution in [3.63, 3.8) is 0 Å². The SMILES string of the molecule is CCCCCCC1CCC(c2ccc(-c3ccc([C@H]4CO[C@H](CCC)CO4)cc3)cc2)CC1. The summed E-state index contributed by atoms with van der Waals surface area (Å²) in [6.45, 7) is 5.87. The Balaban J connectivity index is 1.26. The standard InChI is InChI=1S/C31H44O2/c1-3-5-6-7-9-24-10-12-25(13-11-24)26-14-16-27(17-15-26)28-18-20-29(21-19-28)31-23-32-30(8-4-2)22-33-31/h14-21,24-25,30-31H,3-13,22-23H2,1-2H3/t24?,25?,30-,31-/m1/s1. The third-order valence-electron chi connectivity index (χ3n) is 7.89. The van der Waals surface area contributed by atoms with Crippen LogP contribution in [0.25, 0.3) is 11.1 Å². The molecule has 0 bridgehead atoms. The molecule has 2 heteroatoms. The van der Waals surface area contributed by atoms with Gasteiger partial charge in [-0.1, -0.05) is 101 Å². The zero-order chi connectivity index (χ0) is 22.9. The molecule has 2 aromatic rings. The second kappa shape index (κ2) is 12.7. The fourth-order valence-electron chi connectivity index (χ4n) is 5.71. The second-order valence-corrected chi connectivity index (χ2v) is 10.4. The van der Waals surface area contributed by atoms with E-state index in [-0.39, 0.29) is 12.2 Å². The molecule has 0 spiro atoms. The van der Waals surface area contributed by atoms with Gasteiger partial charge in [0, 0.05) is 0 Å². The fourth-order valence-corrected chi connectivity index (χ4v) is 5.71. The summed E-state index contributed by atoms with van der Waals surface area (Å²) in [6.07, 6.45) is 15.2. The van der Waals surface area contributed by atoms with Crippen LogP contribution in [-0.2, 0) is 9.47 Å². The minimum Gasteiger partial charge on any atom is -0.373 e. The first-order valence-electron chi connectivity index (χ1n) is 13.7. The van der Waals surface area contributed by atoms with E-state index in [2.05, 4.69) is 62.4 Å². The van der Waals surface area contributed by atoms with Crippen molar-refractivity contribution in [2.45, 2.75) is 103 Å². The summed E-state index contributed by atoms with van der Waals surface area (Å²) >= 11 is 0. The van der Waals surface area contributed by atoms with Gasteiger partial charge in [-0.25, -0.2) is 0 Å². The van der Waals surface area contributed by atoms with Crippen molar-refractivity contribution >= 4 is 0 Å². The number of benzene rings is 2. The summed E-state index contributed by atoms with van der Waals surface area (Å²) in [4.78, 5) is 0. The number of unbranched alkanes of at least 4 members (excludes halogenated alkanes) is 3. The average Bonchev–Trinajstić information content (AvgIpc) is 2.88. The molecule has 1 saturated carbocycles. The Morgan fingerprint density at radius 3 is 1.88 bits per heavy atom. The lowest BCUT2D eigenvalue weighted by molar-refractivity contribution is -0.137. The van der Waals surface area contributed by atoms with Gasteiger partial charge in [-0.3, -0.25) is 0 Å². The molecule has 1 aliphatic carbocycles. The van der Waals surface area contributed by atoms with Gasteiger partial charge in [0.2, 0.25) is 0 Å². The van der Waals surface area contributed by atoms with Crippen LogP contribution in [0.2, 0.25) is 0 Å². The quantitative estimate of drug-likeness (QED) is 0.338. The van der Waals surface area contributed by atoms with Crippen LogP contribution < -0.4 is 0 Å². The highest BCUT2D eigenvalue weighted by atomic mass is 16.6. The van der Waals surface area contributed by atoms with Crippen molar-refractivity contribution in [3.8, 4) is 11.1 Å². The van der Waals surface area contributed by atoms with Gasteiger partial charge >= 0.3 is 0 Å². The molecule has 180 valence electrons. The van der Waals surface area contributed by atoms with Gasteiger partial charge in [-0.15, -0.1) is 0 Å². The first-order valence-corrected chi connectivity index (χ1v) is 13.7. The summed E-state index contributed by atoms with van der Waals surface area (Å²) in [5.74, 6) is 1.74. The fraction of sp³-hybridized carbons (Fsp3) is 0.613. The summed E-state index contributed by atoms with van der Waals surface area (Å²) in [6, 6.07) is 18.3. The normalized spacial score (nSPS) is 25.8. The van der Waals surface area contributed by atoms with Crippen molar-refractivity contribution in [2.75, 3.05) is 13.2 Å². The van der Waals surface area contributed by atoms with E-state index in [1.807, 2.05) is 0 Å². The van der Waals surface area contributed by atoms with Crippen molar-refractivity contribution in [3.05, 3.63) is 59.7 Å². The maximum Gasteiger partial charge on any atom is 0.106 e. The molecule has 2 nitrogen and oxygen atoms in total. The molecule has 1 aliphatic heterocycles. The molecular formula is C31H44O2. The Morgan fingerprint density at radius 1 is 0.636 bits per heavy atom. The minimum absolute atomic E-state index is 0.0660. The first-order chi connectivity index (χ1) is 16.3. The van der Waals surface area contributed by atoms with Crippen LogP contribution in [-0.4, -0.2) is 19.3 Å². The predicted molar refractivity (Wildman–Crippen MR) is 139 cm³/mol. The van der Waals surface area contributed by atoms with Crippen molar-refractivity contribution in [2.24, 2.45) is 5.92 Å². The summed E-state index contributed by atoms with van der Waals surface area (Å²) in [7, 11) is 0. The van der Waals surface area contributed by atoms with Gasteiger partial charge in [-0.2, -0.15) is 0 Å². The monoisotopic (exact) mass is 448 g/mol. The molecule has 2 aliphatic rings. The van der Waals surface area contributed by atoms with Gasteiger partial charge in [0.05, 0.1) is 19.3 Å². The smallest absolute Gasteiger partial charge is 0.106 e. The molecule has 0 radical (unpaired) electrons. The molecule has 0 aromatic heterocycles. The van der Waals surface area contributed by atoms with Gasteiger partial charge in [0.25, 0.3) is 0 Å². The van der Waals surface area contributed by atoms with Crippen molar-refractivity contribution in [1.82, 2.24) is 0 Å². The Morgan fingerprint density at radius 2 is 1.30 bits per heavy atom. The molecule has 2 fully saturated rings. The van der Waals surface area contributed by atoms with Crippen LogP contribution >= 0.6 is 0 Å². The molecule has 0 N–H and O–H groups in total. The number of hydrogen-bond donors (Lipinski definition) is 0. The molecule has 0 unspecified atom stereocenters. The minimum atomic E-state index is 0.0660. The second-order valence-electron chi connectivity index (χ2n) is 10.4. The third kappa shape index (κ3) is 6.93. The van der Waals surface area contributed by atoms with E-state index in [0.29, 0.717) is 13.2 Å². The zero-order valence-electron chi connectivity index (χ0n) is 20.9. The number of hydrogen-bond acceptors (Lipinski definition) is 2. The number of rotatable bonds is 10. The van der Waals surface area contributed by atoms with E-state index >= 15 is 0 Å². The van der Waals surface area contributed by atoms with E-state index < -0.39 is 0 Å². The lowest BCUT2D eigenvalue weighted by Gasteiger charge is -2.29. The van der Waals surface area contributed by atoms with Gasteiger partial charge in [0.1, 0.15) is 6.10 Å². The van der Waals surface area contributed by atoms with Crippen LogP contribution in [0.5, 0.6) is 0 Å². The van der Waals surface area contributed by atoms with Gasteiger partial charge < -0.3 is 9.47 Å². The molecule has 1 saturated heterocycles. The highest BCUT2D eigenvalue weighted by Crippen LogP contribution is 2.38. The van der Waals surface area contributed by atoms with Crippen molar-refractivity contribution in [1.29, 1.82) is 0 Å². The lowest BCUT2D eigenvalue weighted by Crippen LogP contribution is -2.30. The van der Waals surface area contributed by atoms with Crippen LogP contribution in [0.1, 0.15) is 108 Å². The van der Waals surface area contributed by atoms with Crippen LogP contribution in [0.3, 0.4) is 0 Å². The Kier molecular flexibility index (Phi) is 9.44. The van der Waals surface area contributed by atoms with Crippen LogP contribution in [0.15, 0.2) is 48.5 Å². The average molecular weight is 449 g/mol. The Bertz CT molecular complexity index is 794.